The quantitative estimate of drug-likeness (QED) is 0.550. The van der Waals surface area contributed by atoms with Crippen LogP contribution >= 0.6 is 0 Å². The van der Waals surface area contributed by atoms with Crippen LogP contribution in [-0.2, 0) is 18.4 Å². The van der Waals surface area contributed by atoms with Gasteiger partial charge in [-0.1, -0.05) is 12.1 Å². The van der Waals surface area contributed by atoms with Gasteiger partial charge >= 0.3 is 5.63 Å². The fraction of sp³-hybridized carbons (Fsp3) is 0.150. The number of ether oxygens (including phenoxy) is 1. The molecule has 0 aliphatic carbocycles. The minimum Gasteiger partial charge on any atom is -0.484 e. The van der Waals surface area contributed by atoms with Crippen molar-refractivity contribution >= 4 is 27.9 Å². The third-order valence-electron chi connectivity index (χ3n) is 4.29. The summed E-state index contributed by atoms with van der Waals surface area (Å²) in [4.78, 5) is 27.9. The Hall–Kier alpha value is -3.61. The van der Waals surface area contributed by atoms with Gasteiger partial charge in [-0.15, -0.1) is 0 Å². The summed E-state index contributed by atoms with van der Waals surface area (Å²) in [5.74, 6) is 0.948. The fourth-order valence-electron chi connectivity index (χ4n) is 2.86. The van der Waals surface area contributed by atoms with Gasteiger partial charge in [-0.05, 0) is 30.3 Å². The summed E-state index contributed by atoms with van der Waals surface area (Å²) in [6.45, 7) is 0.159. The van der Waals surface area contributed by atoms with Gasteiger partial charge in [0.1, 0.15) is 17.2 Å². The average Bonchev–Trinajstić information content (AvgIpc) is 3.00. The molecule has 0 unspecified atom stereocenters. The van der Waals surface area contributed by atoms with E-state index in [0.29, 0.717) is 17.9 Å². The molecule has 0 saturated carbocycles. The molecule has 0 fully saturated rings. The number of imidazole rings is 1. The summed E-state index contributed by atoms with van der Waals surface area (Å²) in [6.07, 6.45) is 0. The summed E-state index contributed by atoms with van der Waals surface area (Å²) < 4.78 is 12.5. The van der Waals surface area contributed by atoms with Gasteiger partial charge in [0.05, 0.1) is 17.6 Å². The van der Waals surface area contributed by atoms with Gasteiger partial charge in [0.25, 0.3) is 5.91 Å². The molecule has 27 heavy (non-hydrogen) atoms. The van der Waals surface area contributed by atoms with E-state index < -0.39 is 5.63 Å². The number of nitrogens with zero attached hydrogens (tertiary/aromatic N) is 2. The minimum atomic E-state index is -0.431. The normalized spacial score (nSPS) is 11.0. The molecule has 2 heterocycles. The lowest BCUT2D eigenvalue weighted by molar-refractivity contribution is -0.123. The first-order valence-corrected chi connectivity index (χ1v) is 8.44. The van der Waals surface area contributed by atoms with Crippen LogP contribution in [0.3, 0.4) is 0 Å². The van der Waals surface area contributed by atoms with Crippen molar-refractivity contribution in [3.05, 3.63) is 70.8 Å². The van der Waals surface area contributed by atoms with Crippen molar-refractivity contribution in [1.82, 2.24) is 14.9 Å². The zero-order valence-corrected chi connectivity index (χ0v) is 14.6. The van der Waals surface area contributed by atoms with Gasteiger partial charge in [0, 0.05) is 24.6 Å². The summed E-state index contributed by atoms with van der Waals surface area (Å²) in [5, 5.41) is 3.58. The van der Waals surface area contributed by atoms with Crippen LogP contribution in [0, 0.1) is 0 Å². The van der Waals surface area contributed by atoms with Gasteiger partial charge in [0.2, 0.25) is 0 Å². The highest BCUT2D eigenvalue weighted by Crippen LogP contribution is 2.19. The average molecular weight is 363 g/mol. The van der Waals surface area contributed by atoms with Crippen LogP contribution < -0.4 is 15.7 Å². The van der Waals surface area contributed by atoms with E-state index in [-0.39, 0.29) is 12.5 Å². The Kier molecular flexibility index (Phi) is 4.33. The van der Waals surface area contributed by atoms with Crippen molar-refractivity contribution in [2.45, 2.75) is 6.54 Å². The van der Waals surface area contributed by atoms with Gasteiger partial charge < -0.3 is 19.0 Å². The third kappa shape index (κ3) is 3.52. The third-order valence-corrected chi connectivity index (χ3v) is 4.29. The Balaban J connectivity index is 1.38. The maximum atomic E-state index is 12.1. The molecule has 0 saturated heterocycles. The van der Waals surface area contributed by atoms with Gasteiger partial charge in [-0.25, -0.2) is 9.78 Å². The van der Waals surface area contributed by atoms with Crippen LogP contribution in [0.15, 0.2) is 63.8 Å². The van der Waals surface area contributed by atoms with Crippen LogP contribution in [0.2, 0.25) is 0 Å². The molecule has 4 aromatic rings. The Morgan fingerprint density at radius 2 is 2.00 bits per heavy atom. The molecule has 1 N–H and O–H groups in total. The van der Waals surface area contributed by atoms with E-state index in [1.54, 1.807) is 24.3 Å². The van der Waals surface area contributed by atoms with Gasteiger partial charge in [0.15, 0.2) is 6.61 Å². The summed E-state index contributed by atoms with van der Waals surface area (Å²) in [5.41, 5.74) is 1.88. The zero-order chi connectivity index (χ0) is 18.8. The number of carbonyl (C=O) groups excluding carboxylic acids is 1. The molecule has 0 aliphatic heterocycles. The summed E-state index contributed by atoms with van der Waals surface area (Å²) >= 11 is 0. The lowest BCUT2D eigenvalue weighted by Crippen LogP contribution is -2.29. The smallest absolute Gasteiger partial charge is 0.336 e. The highest BCUT2D eigenvalue weighted by atomic mass is 16.5. The van der Waals surface area contributed by atoms with Crippen molar-refractivity contribution in [2.75, 3.05) is 6.61 Å². The molecule has 2 aromatic carbocycles. The SMILES string of the molecule is Cn1c(CNC(=O)COc2ccc3ccc(=O)oc3c2)nc2ccccc21. The molecule has 136 valence electrons. The maximum absolute atomic E-state index is 12.1. The summed E-state index contributed by atoms with van der Waals surface area (Å²) in [7, 11) is 1.91. The molecular formula is C20H17N3O4. The molecule has 4 rings (SSSR count). The predicted octanol–water partition coefficient (Wildman–Crippen LogP) is 2.37. The largest absolute Gasteiger partial charge is 0.484 e. The number of fused-ring (bicyclic) bond motifs is 2. The highest BCUT2D eigenvalue weighted by Gasteiger charge is 2.09. The number of hydrogen-bond donors (Lipinski definition) is 1. The van der Waals surface area contributed by atoms with E-state index in [9.17, 15) is 9.59 Å². The van der Waals surface area contributed by atoms with Crippen LogP contribution in [0.4, 0.5) is 0 Å². The fourth-order valence-corrected chi connectivity index (χ4v) is 2.86. The number of amides is 1. The number of hydrogen-bond acceptors (Lipinski definition) is 5. The molecule has 0 spiro atoms. The molecule has 7 nitrogen and oxygen atoms in total. The van der Waals surface area contributed by atoms with Crippen LogP contribution in [-0.4, -0.2) is 22.1 Å². The molecule has 2 aromatic heterocycles. The van der Waals surface area contributed by atoms with E-state index in [0.717, 1.165) is 22.2 Å². The second kappa shape index (κ2) is 6.95. The number of nitrogens with one attached hydrogen (secondary N) is 1. The van der Waals surface area contributed by atoms with Gasteiger partial charge in [-0.2, -0.15) is 0 Å². The monoisotopic (exact) mass is 363 g/mol. The van der Waals surface area contributed by atoms with E-state index in [1.165, 1.54) is 6.07 Å². The highest BCUT2D eigenvalue weighted by molar-refractivity contribution is 5.80. The molecule has 1 amide bonds. The van der Waals surface area contributed by atoms with Crippen molar-refractivity contribution < 1.29 is 13.9 Å². The Labute approximate surface area is 154 Å². The molecular weight excluding hydrogens is 346 g/mol. The lowest BCUT2D eigenvalue weighted by Gasteiger charge is -2.08. The van der Waals surface area contributed by atoms with E-state index >= 15 is 0 Å². The topological polar surface area (TPSA) is 86.4 Å². The van der Waals surface area contributed by atoms with E-state index in [4.69, 9.17) is 9.15 Å². The molecule has 0 atom stereocenters. The van der Waals surface area contributed by atoms with E-state index in [2.05, 4.69) is 10.3 Å². The second-order valence-corrected chi connectivity index (χ2v) is 6.10. The second-order valence-electron chi connectivity index (χ2n) is 6.10. The number of carbonyl (C=O) groups is 1. The Morgan fingerprint density at radius 3 is 2.85 bits per heavy atom. The Morgan fingerprint density at radius 1 is 1.19 bits per heavy atom. The standard InChI is InChI=1S/C20H17N3O4/c1-23-16-5-3-2-4-15(16)22-18(23)11-21-19(24)12-26-14-8-6-13-7-9-20(25)27-17(13)10-14/h2-10H,11-12H2,1H3,(H,21,24). The Bertz CT molecular complexity index is 1190. The van der Waals surface area contributed by atoms with E-state index in [1.807, 2.05) is 35.9 Å². The van der Waals surface area contributed by atoms with Gasteiger partial charge in [-0.3, -0.25) is 4.79 Å². The maximum Gasteiger partial charge on any atom is 0.336 e. The first-order valence-electron chi connectivity index (χ1n) is 8.44. The lowest BCUT2D eigenvalue weighted by atomic mass is 10.2. The molecule has 0 aliphatic rings. The van der Waals surface area contributed by atoms with Crippen LogP contribution in [0.25, 0.3) is 22.0 Å². The molecule has 7 heteroatoms. The van der Waals surface area contributed by atoms with Crippen molar-refractivity contribution in [3.63, 3.8) is 0 Å². The van der Waals surface area contributed by atoms with Crippen molar-refractivity contribution in [2.24, 2.45) is 7.05 Å². The number of rotatable bonds is 5. The number of para-hydroxylation sites is 2. The molecule has 0 radical (unpaired) electrons. The predicted molar refractivity (Wildman–Crippen MR) is 101 cm³/mol. The number of aromatic nitrogens is 2. The minimum absolute atomic E-state index is 0.146. The summed E-state index contributed by atoms with van der Waals surface area (Å²) in [6, 6.07) is 15.9. The number of benzene rings is 2. The first kappa shape index (κ1) is 16.8. The van der Waals surface area contributed by atoms with Crippen LogP contribution in [0.1, 0.15) is 5.82 Å². The molecule has 0 bridgehead atoms. The number of aryl methyl sites for hydroxylation is 1. The zero-order valence-electron chi connectivity index (χ0n) is 14.6. The van der Waals surface area contributed by atoms with Crippen molar-refractivity contribution in [3.8, 4) is 5.75 Å². The first-order chi connectivity index (χ1) is 13.1. The van der Waals surface area contributed by atoms with Crippen LogP contribution in [0.5, 0.6) is 5.75 Å². The van der Waals surface area contributed by atoms with Crippen molar-refractivity contribution in [1.29, 1.82) is 0 Å².